The molecular weight excluding hydrogens is 380 g/mol. The highest BCUT2D eigenvalue weighted by molar-refractivity contribution is 5.97. The third kappa shape index (κ3) is 6.32. The van der Waals surface area contributed by atoms with Gasteiger partial charge in [0.25, 0.3) is 5.92 Å². The Kier molecular flexibility index (Phi) is 7.52. The maximum absolute atomic E-state index is 13.3. The standard InChI is InChI=1S/C26H31F2NO/c1-19(11-12-20-7-4-3-5-8-20)25(30)23-10-6-9-21(17-23)13-14-22-15-16-24(29-18-22)26(2,27)28/h3-7,9-10,17-20H,8,11-16H2,1-2H3. The molecular formula is C26H31F2NO. The van der Waals surface area contributed by atoms with Crippen molar-refractivity contribution in [3.63, 3.8) is 0 Å². The van der Waals surface area contributed by atoms with Crippen LogP contribution in [0.4, 0.5) is 8.78 Å². The summed E-state index contributed by atoms with van der Waals surface area (Å²) in [5.74, 6) is -2.10. The van der Waals surface area contributed by atoms with Crippen molar-refractivity contribution in [2.75, 3.05) is 0 Å². The molecule has 1 aliphatic carbocycles. The van der Waals surface area contributed by atoms with Crippen LogP contribution >= 0.6 is 0 Å². The molecule has 1 heterocycles. The molecule has 0 aromatic heterocycles. The van der Waals surface area contributed by atoms with E-state index in [-0.39, 0.29) is 17.4 Å². The molecule has 160 valence electrons. The van der Waals surface area contributed by atoms with Gasteiger partial charge in [-0.25, -0.2) is 8.78 Å². The zero-order valence-electron chi connectivity index (χ0n) is 17.9. The van der Waals surface area contributed by atoms with Crippen molar-refractivity contribution in [1.82, 2.24) is 0 Å². The van der Waals surface area contributed by atoms with Gasteiger partial charge in [0, 0.05) is 24.6 Å². The Balaban J connectivity index is 1.53. The lowest BCUT2D eigenvalue weighted by molar-refractivity contribution is 0.0920. The molecule has 2 aliphatic rings. The zero-order chi connectivity index (χ0) is 21.6. The molecule has 0 bridgehead atoms. The van der Waals surface area contributed by atoms with Gasteiger partial charge in [0.1, 0.15) is 0 Å². The topological polar surface area (TPSA) is 29.4 Å². The van der Waals surface area contributed by atoms with E-state index in [2.05, 4.69) is 29.3 Å². The third-order valence-electron chi connectivity index (χ3n) is 6.03. The summed E-state index contributed by atoms with van der Waals surface area (Å²) in [5, 5.41) is 0. The highest BCUT2D eigenvalue weighted by Gasteiger charge is 2.30. The van der Waals surface area contributed by atoms with E-state index in [0.29, 0.717) is 18.8 Å². The van der Waals surface area contributed by atoms with Gasteiger partial charge in [-0.1, -0.05) is 55.0 Å². The van der Waals surface area contributed by atoms with E-state index in [9.17, 15) is 13.6 Å². The first kappa shape index (κ1) is 22.3. The Morgan fingerprint density at radius 2 is 2.07 bits per heavy atom. The molecule has 3 rings (SSSR count). The Bertz CT molecular complexity index is 873. The summed E-state index contributed by atoms with van der Waals surface area (Å²) in [7, 11) is 0. The summed E-state index contributed by atoms with van der Waals surface area (Å²) in [4.78, 5) is 16.8. The molecule has 0 fully saturated rings. The van der Waals surface area contributed by atoms with Crippen molar-refractivity contribution in [1.29, 1.82) is 0 Å². The first-order valence-electron chi connectivity index (χ1n) is 10.9. The maximum Gasteiger partial charge on any atom is 0.283 e. The molecule has 0 amide bonds. The number of hydrogen-bond donors (Lipinski definition) is 0. The molecule has 0 radical (unpaired) electrons. The molecule has 1 aromatic rings. The summed E-state index contributed by atoms with van der Waals surface area (Å²) >= 11 is 0. The van der Waals surface area contributed by atoms with Crippen molar-refractivity contribution in [3.05, 3.63) is 71.5 Å². The van der Waals surface area contributed by atoms with Crippen molar-refractivity contribution >= 4 is 11.5 Å². The van der Waals surface area contributed by atoms with Crippen molar-refractivity contribution in [2.24, 2.45) is 16.8 Å². The van der Waals surface area contributed by atoms with E-state index in [1.165, 1.54) is 0 Å². The molecule has 0 saturated carbocycles. The second-order valence-corrected chi connectivity index (χ2v) is 8.60. The average Bonchev–Trinajstić information content (AvgIpc) is 2.76. The van der Waals surface area contributed by atoms with Gasteiger partial charge in [-0.2, -0.15) is 0 Å². The molecule has 4 heteroatoms. The van der Waals surface area contributed by atoms with Gasteiger partial charge in [-0.05, 0) is 62.5 Å². The minimum absolute atomic E-state index is 0.00378. The van der Waals surface area contributed by atoms with Crippen LogP contribution in [0.3, 0.4) is 0 Å². The lowest BCUT2D eigenvalue weighted by atomic mass is 9.88. The molecule has 2 unspecified atom stereocenters. The minimum atomic E-state index is -2.84. The quantitative estimate of drug-likeness (QED) is 0.398. The second kappa shape index (κ2) is 10.1. The van der Waals surface area contributed by atoms with Crippen molar-refractivity contribution < 1.29 is 13.6 Å². The summed E-state index contributed by atoms with van der Waals surface area (Å²) in [6.45, 7) is 2.92. The SMILES string of the molecule is CC(CCC1C=CC=CC1)C(=O)c1cccc(CCC2=CN=C(C(C)(F)F)CC2)c1. The molecule has 0 spiro atoms. The Morgan fingerprint density at radius 1 is 1.23 bits per heavy atom. The normalized spacial score (nSPS) is 19.9. The monoisotopic (exact) mass is 411 g/mol. The van der Waals surface area contributed by atoms with E-state index in [4.69, 9.17) is 0 Å². The van der Waals surface area contributed by atoms with E-state index in [1.807, 2.05) is 31.2 Å². The molecule has 0 saturated heterocycles. The number of nitrogens with zero attached hydrogens (tertiary/aromatic N) is 1. The van der Waals surface area contributed by atoms with Crippen LogP contribution in [0.25, 0.3) is 0 Å². The molecule has 2 nitrogen and oxygen atoms in total. The lowest BCUT2D eigenvalue weighted by Gasteiger charge is -2.18. The fourth-order valence-electron chi connectivity index (χ4n) is 4.01. The Hall–Kier alpha value is -2.36. The summed E-state index contributed by atoms with van der Waals surface area (Å²) < 4.78 is 26.7. The van der Waals surface area contributed by atoms with Crippen molar-refractivity contribution in [2.45, 2.75) is 64.7 Å². The minimum Gasteiger partial charge on any atom is -0.294 e. The summed E-state index contributed by atoms with van der Waals surface area (Å²) in [6.07, 6.45) is 15.7. The van der Waals surface area contributed by atoms with E-state index >= 15 is 0 Å². The second-order valence-electron chi connectivity index (χ2n) is 8.60. The van der Waals surface area contributed by atoms with Crippen LogP contribution in [0.5, 0.6) is 0 Å². The molecule has 0 N–H and O–H groups in total. The van der Waals surface area contributed by atoms with Crippen LogP contribution in [0.15, 0.2) is 65.3 Å². The largest absolute Gasteiger partial charge is 0.294 e. The number of carbonyl (C=O) groups excluding carboxylic acids is 1. The average molecular weight is 412 g/mol. The first-order valence-corrected chi connectivity index (χ1v) is 10.9. The lowest BCUT2D eigenvalue weighted by Crippen LogP contribution is -2.25. The highest BCUT2D eigenvalue weighted by atomic mass is 19.3. The van der Waals surface area contributed by atoms with Crippen LogP contribution in [-0.2, 0) is 6.42 Å². The summed E-state index contributed by atoms with van der Waals surface area (Å²) in [6, 6.07) is 7.84. The number of alkyl halides is 2. The molecule has 2 atom stereocenters. The molecule has 30 heavy (non-hydrogen) atoms. The van der Waals surface area contributed by atoms with Gasteiger partial charge in [0.2, 0.25) is 0 Å². The van der Waals surface area contributed by atoms with Crippen LogP contribution < -0.4 is 0 Å². The van der Waals surface area contributed by atoms with E-state index in [0.717, 1.165) is 55.7 Å². The van der Waals surface area contributed by atoms with Crippen LogP contribution in [0.1, 0.15) is 68.3 Å². The number of Topliss-reactive ketones (excluding diaryl/α,β-unsaturated/α-hetero) is 1. The van der Waals surface area contributed by atoms with Crippen LogP contribution in [-0.4, -0.2) is 17.4 Å². The van der Waals surface area contributed by atoms with Crippen LogP contribution in [0, 0.1) is 11.8 Å². The number of ketones is 1. The number of carbonyl (C=O) groups is 1. The fourth-order valence-corrected chi connectivity index (χ4v) is 4.01. The van der Waals surface area contributed by atoms with Crippen LogP contribution in [0.2, 0.25) is 0 Å². The van der Waals surface area contributed by atoms with Gasteiger partial charge in [-0.3, -0.25) is 9.79 Å². The highest BCUT2D eigenvalue weighted by Crippen LogP contribution is 2.26. The van der Waals surface area contributed by atoms with E-state index < -0.39 is 5.92 Å². The number of allylic oxidation sites excluding steroid dienone is 5. The van der Waals surface area contributed by atoms with E-state index in [1.54, 1.807) is 6.20 Å². The Morgan fingerprint density at radius 3 is 2.73 bits per heavy atom. The number of rotatable bonds is 9. The molecule has 1 aliphatic heterocycles. The number of aliphatic imine (C=N–C) groups is 1. The van der Waals surface area contributed by atoms with Gasteiger partial charge in [0.05, 0.1) is 5.71 Å². The van der Waals surface area contributed by atoms with Crippen molar-refractivity contribution in [3.8, 4) is 0 Å². The number of benzene rings is 1. The first-order chi connectivity index (χ1) is 14.3. The number of halogens is 2. The van der Waals surface area contributed by atoms with Gasteiger partial charge < -0.3 is 0 Å². The smallest absolute Gasteiger partial charge is 0.283 e. The Labute approximate surface area is 178 Å². The molecule has 1 aromatic carbocycles. The summed E-state index contributed by atoms with van der Waals surface area (Å²) in [5.41, 5.74) is 2.92. The number of aryl methyl sites for hydroxylation is 1. The fraction of sp³-hybridized carbons (Fsp3) is 0.462. The zero-order valence-corrected chi connectivity index (χ0v) is 17.9. The number of hydrogen-bond acceptors (Lipinski definition) is 2. The third-order valence-corrected chi connectivity index (χ3v) is 6.03. The predicted octanol–water partition coefficient (Wildman–Crippen LogP) is 7.12. The van der Waals surface area contributed by atoms with Gasteiger partial charge >= 0.3 is 0 Å². The maximum atomic E-state index is 13.3. The van der Waals surface area contributed by atoms with Gasteiger partial charge in [-0.15, -0.1) is 0 Å². The predicted molar refractivity (Wildman–Crippen MR) is 119 cm³/mol. The van der Waals surface area contributed by atoms with Gasteiger partial charge in [0.15, 0.2) is 5.78 Å².